The van der Waals surface area contributed by atoms with E-state index >= 15 is 0 Å². The Bertz CT molecular complexity index is 789. The molecule has 138 valence electrons. The van der Waals surface area contributed by atoms with Gasteiger partial charge in [0, 0.05) is 22.7 Å². The number of nitrogens with one attached hydrogen (secondary N) is 1. The third kappa shape index (κ3) is 5.52. The molecule has 0 bridgehead atoms. The quantitative estimate of drug-likeness (QED) is 0.660. The summed E-state index contributed by atoms with van der Waals surface area (Å²) in [5.74, 6) is 1.92. The highest BCUT2D eigenvalue weighted by molar-refractivity contribution is 9.10. The molecule has 0 aliphatic rings. The highest BCUT2D eigenvalue weighted by atomic mass is 79.9. The summed E-state index contributed by atoms with van der Waals surface area (Å²) in [4.78, 5) is 12.0. The molecule has 0 atom stereocenters. The third-order valence-corrected chi connectivity index (χ3v) is 4.26. The maximum atomic E-state index is 12.0. The van der Waals surface area contributed by atoms with E-state index in [1.165, 1.54) is 6.08 Å². The molecule has 0 radical (unpaired) electrons. The Kier molecular flexibility index (Phi) is 7.53. The number of ether oxygens (including phenoxy) is 3. The van der Waals surface area contributed by atoms with Crippen LogP contribution >= 0.6 is 15.9 Å². The number of rotatable bonds is 8. The minimum atomic E-state index is -0.160. The van der Waals surface area contributed by atoms with Crippen LogP contribution in [0.2, 0.25) is 0 Å². The Balaban J connectivity index is 1.90. The molecule has 0 heterocycles. The largest absolute Gasteiger partial charge is 0.496 e. The Morgan fingerprint density at radius 3 is 2.38 bits per heavy atom. The van der Waals surface area contributed by atoms with E-state index in [0.717, 1.165) is 15.6 Å². The second kappa shape index (κ2) is 9.87. The molecule has 0 unspecified atom stereocenters. The van der Waals surface area contributed by atoms with Gasteiger partial charge in [-0.1, -0.05) is 22.0 Å². The first-order valence-electron chi connectivity index (χ1n) is 8.07. The SMILES string of the molecule is COc1ccc(Br)cc1C=CC(=O)NCCc1ccc(OC)c(OC)c1. The Morgan fingerprint density at radius 2 is 1.69 bits per heavy atom. The number of hydrogen-bond acceptors (Lipinski definition) is 4. The number of carbonyl (C=O) groups is 1. The summed E-state index contributed by atoms with van der Waals surface area (Å²) >= 11 is 3.41. The standard InChI is InChI=1S/C20H22BrNO4/c1-24-17-8-6-16(21)13-15(17)5-9-20(23)22-11-10-14-4-7-18(25-2)19(12-14)26-3/h4-9,12-13H,10-11H2,1-3H3,(H,22,23). The smallest absolute Gasteiger partial charge is 0.244 e. The number of methoxy groups -OCH3 is 3. The molecule has 0 aliphatic heterocycles. The zero-order valence-corrected chi connectivity index (χ0v) is 16.6. The molecule has 0 fully saturated rings. The van der Waals surface area contributed by atoms with Gasteiger partial charge in [-0.2, -0.15) is 0 Å². The van der Waals surface area contributed by atoms with Crippen LogP contribution < -0.4 is 19.5 Å². The van der Waals surface area contributed by atoms with Crippen LogP contribution in [0.1, 0.15) is 11.1 Å². The molecular formula is C20H22BrNO4. The van der Waals surface area contributed by atoms with Crippen molar-refractivity contribution in [1.29, 1.82) is 0 Å². The minimum absolute atomic E-state index is 0.160. The highest BCUT2D eigenvalue weighted by Crippen LogP contribution is 2.27. The van der Waals surface area contributed by atoms with Gasteiger partial charge in [-0.3, -0.25) is 4.79 Å². The molecular weight excluding hydrogens is 398 g/mol. The predicted molar refractivity (Wildman–Crippen MR) is 106 cm³/mol. The van der Waals surface area contributed by atoms with Gasteiger partial charge in [0.25, 0.3) is 0 Å². The number of halogens is 1. The van der Waals surface area contributed by atoms with Crippen LogP contribution in [0.4, 0.5) is 0 Å². The lowest BCUT2D eigenvalue weighted by molar-refractivity contribution is -0.116. The van der Waals surface area contributed by atoms with Crippen LogP contribution in [-0.2, 0) is 11.2 Å². The van der Waals surface area contributed by atoms with Crippen LogP contribution in [0.5, 0.6) is 17.2 Å². The van der Waals surface area contributed by atoms with Gasteiger partial charge in [0.2, 0.25) is 5.91 Å². The average molecular weight is 420 g/mol. The van der Waals surface area contributed by atoms with Gasteiger partial charge in [0.05, 0.1) is 21.3 Å². The lowest BCUT2D eigenvalue weighted by Gasteiger charge is -2.09. The second-order valence-corrected chi connectivity index (χ2v) is 6.37. The molecule has 1 N–H and O–H groups in total. The van der Waals surface area contributed by atoms with Crippen molar-refractivity contribution in [2.45, 2.75) is 6.42 Å². The summed E-state index contributed by atoms with van der Waals surface area (Å²) in [5.41, 5.74) is 1.89. The fourth-order valence-electron chi connectivity index (χ4n) is 2.43. The Morgan fingerprint density at radius 1 is 1.00 bits per heavy atom. The van der Waals surface area contributed by atoms with Crippen LogP contribution in [-0.4, -0.2) is 33.8 Å². The lowest BCUT2D eigenvalue weighted by Crippen LogP contribution is -2.23. The molecule has 0 saturated heterocycles. The van der Waals surface area contributed by atoms with Gasteiger partial charge in [-0.15, -0.1) is 0 Å². The highest BCUT2D eigenvalue weighted by Gasteiger charge is 2.05. The van der Waals surface area contributed by atoms with Crippen molar-refractivity contribution >= 4 is 27.9 Å². The van der Waals surface area contributed by atoms with E-state index in [-0.39, 0.29) is 5.91 Å². The Labute approximate surface area is 162 Å². The van der Waals surface area contributed by atoms with E-state index in [2.05, 4.69) is 21.2 Å². The van der Waals surface area contributed by atoms with Crippen LogP contribution in [0, 0.1) is 0 Å². The summed E-state index contributed by atoms with van der Waals surface area (Å²) in [7, 11) is 4.80. The molecule has 1 amide bonds. The fraction of sp³-hybridized carbons (Fsp3) is 0.250. The first-order valence-corrected chi connectivity index (χ1v) is 8.87. The number of benzene rings is 2. The molecule has 2 rings (SSSR count). The molecule has 2 aromatic carbocycles. The van der Waals surface area contributed by atoms with Crippen molar-refractivity contribution in [1.82, 2.24) is 5.32 Å². The van der Waals surface area contributed by atoms with E-state index in [1.54, 1.807) is 27.4 Å². The normalized spacial score (nSPS) is 10.6. The van der Waals surface area contributed by atoms with E-state index < -0.39 is 0 Å². The summed E-state index contributed by atoms with van der Waals surface area (Å²) in [6, 6.07) is 11.3. The molecule has 5 nitrogen and oxygen atoms in total. The summed E-state index contributed by atoms with van der Waals surface area (Å²) < 4.78 is 16.7. The van der Waals surface area contributed by atoms with Crippen LogP contribution in [0.15, 0.2) is 46.9 Å². The van der Waals surface area contributed by atoms with Crippen molar-refractivity contribution < 1.29 is 19.0 Å². The predicted octanol–water partition coefficient (Wildman–Crippen LogP) is 3.85. The Hall–Kier alpha value is -2.47. The molecule has 2 aromatic rings. The number of hydrogen-bond donors (Lipinski definition) is 1. The maximum absolute atomic E-state index is 12.0. The lowest BCUT2D eigenvalue weighted by atomic mass is 10.1. The zero-order chi connectivity index (χ0) is 18.9. The van der Waals surface area contributed by atoms with Crippen molar-refractivity contribution in [3.8, 4) is 17.2 Å². The van der Waals surface area contributed by atoms with Gasteiger partial charge >= 0.3 is 0 Å². The van der Waals surface area contributed by atoms with Gasteiger partial charge in [-0.25, -0.2) is 0 Å². The average Bonchev–Trinajstić information content (AvgIpc) is 2.66. The topological polar surface area (TPSA) is 56.8 Å². The molecule has 0 spiro atoms. The molecule has 0 aromatic heterocycles. The summed E-state index contributed by atoms with van der Waals surface area (Å²) in [6.07, 6.45) is 3.92. The third-order valence-electron chi connectivity index (χ3n) is 3.77. The minimum Gasteiger partial charge on any atom is -0.496 e. The van der Waals surface area contributed by atoms with Crippen molar-refractivity contribution in [3.05, 3.63) is 58.1 Å². The number of amides is 1. The van der Waals surface area contributed by atoms with E-state index in [1.807, 2.05) is 36.4 Å². The van der Waals surface area contributed by atoms with Gasteiger partial charge in [0.15, 0.2) is 11.5 Å². The summed E-state index contributed by atoms with van der Waals surface area (Å²) in [5, 5.41) is 2.87. The summed E-state index contributed by atoms with van der Waals surface area (Å²) in [6.45, 7) is 0.522. The zero-order valence-electron chi connectivity index (χ0n) is 15.0. The van der Waals surface area contributed by atoms with Gasteiger partial charge in [0.1, 0.15) is 5.75 Å². The van der Waals surface area contributed by atoms with Crippen molar-refractivity contribution in [2.24, 2.45) is 0 Å². The van der Waals surface area contributed by atoms with E-state index in [4.69, 9.17) is 14.2 Å². The molecule has 26 heavy (non-hydrogen) atoms. The van der Waals surface area contributed by atoms with Crippen molar-refractivity contribution in [3.63, 3.8) is 0 Å². The fourth-order valence-corrected chi connectivity index (χ4v) is 2.80. The van der Waals surface area contributed by atoms with Crippen LogP contribution in [0.3, 0.4) is 0 Å². The molecule has 0 aliphatic carbocycles. The van der Waals surface area contributed by atoms with Gasteiger partial charge in [-0.05, 0) is 48.4 Å². The molecule has 0 saturated carbocycles. The number of carbonyl (C=O) groups excluding carboxylic acids is 1. The van der Waals surface area contributed by atoms with Crippen LogP contribution in [0.25, 0.3) is 6.08 Å². The maximum Gasteiger partial charge on any atom is 0.244 e. The van der Waals surface area contributed by atoms with E-state index in [0.29, 0.717) is 30.2 Å². The molecule has 6 heteroatoms. The van der Waals surface area contributed by atoms with Crippen molar-refractivity contribution in [2.75, 3.05) is 27.9 Å². The van der Waals surface area contributed by atoms with E-state index in [9.17, 15) is 4.79 Å². The second-order valence-electron chi connectivity index (χ2n) is 5.45. The first-order chi connectivity index (χ1) is 12.6. The van der Waals surface area contributed by atoms with Gasteiger partial charge < -0.3 is 19.5 Å². The first kappa shape index (κ1) is 19.8. The monoisotopic (exact) mass is 419 g/mol.